The SMILES string of the molecule is C#CCCCNc1nccc2occc12. The first-order valence-electron chi connectivity index (χ1n) is 4.91. The van der Waals surface area contributed by atoms with E-state index in [0.29, 0.717) is 0 Å². The number of anilines is 1. The number of nitrogens with one attached hydrogen (secondary N) is 1. The Kier molecular flexibility index (Phi) is 2.89. The van der Waals surface area contributed by atoms with Gasteiger partial charge in [0.25, 0.3) is 0 Å². The molecule has 0 saturated carbocycles. The average Bonchev–Trinajstić information content (AvgIpc) is 2.73. The van der Waals surface area contributed by atoms with E-state index in [1.807, 2.05) is 12.1 Å². The van der Waals surface area contributed by atoms with Crippen LogP contribution < -0.4 is 5.32 Å². The number of pyridine rings is 1. The minimum atomic E-state index is 0.786. The van der Waals surface area contributed by atoms with E-state index in [2.05, 4.69) is 16.2 Å². The number of hydrogen-bond donors (Lipinski definition) is 1. The van der Waals surface area contributed by atoms with Gasteiger partial charge in [-0.2, -0.15) is 0 Å². The van der Waals surface area contributed by atoms with Crippen molar-refractivity contribution in [3.05, 3.63) is 24.6 Å². The molecule has 0 aliphatic rings. The molecule has 0 radical (unpaired) electrons. The van der Waals surface area contributed by atoms with Gasteiger partial charge < -0.3 is 9.73 Å². The Labute approximate surface area is 88.5 Å². The predicted molar refractivity (Wildman–Crippen MR) is 60.6 cm³/mol. The topological polar surface area (TPSA) is 38.1 Å². The Bertz CT molecular complexity index is 482. The molecule has 2 aromatic heterocycles. The van der Waals surface area contributed by atoms with Crippen LogP contribution in [0.1, 0.15) is 12.8 Å². The third kappa shape index (κ3) is 2.10. The predicted octanol–water partition coefficient (Wildman–Crippen LogP) is 2.65. The van der Waals surface area contributed by atoms with Crippen molar-refractivity contribution in [2.75, 3.05) is 11.9 Å². The number of hydrogen-bond acceptors (Lipinski definition) is 3. The van der Waals surface area contributed by atoms with Gasteiger partial charge in [0.05, 0.1) is 11.6 Å². The van der Waals surface area contributed by atoms with E-state index in [1.165, 1.54) is 0 Å². The molecule has 15 heavy (non-hydrogen) atoms. The Hall–Kier alpha value is -1.95. The van der Waals surface area contributed by atoms with Crippen molar-refractivity contribution < 1.29 is 4.42 Å². The maximum Gasteiger partial charge on any atom is 0.139 e. The second kappa shape index (κ2) is 4.52. The molecule has 2 heterocycles. The molecule has 3 heteroatoms. The van der Waals surface area contributed by atoms with Crippen LogP contribution in [0.15, 0.2) is 29.0 Å². The zero-order chi connectivity index (χ0) is 10.5. The lowest BCUT2D eigenvalue weighted by Crippen LogP contribution is -2.02. The lowest BCUT2D eigenvalue weighted by molar-refractivity contribution is 0.615. The summed E-state index contributed by atoms with van der Waals surface area (Å²) in [6, 6.07) is 3.76. The van der Waals surface area contributed by atoms with Crippen molar-refractivity contribution in [3.8, 4) is 12.3 Å². The first-order valence-corrected chi connectivity index (χ1v) is 4.91. The normalized spacial score (nSPS) is 10.1. The number of rotatable bonds is 4. The minimum Gasteiger partial charge on any atom is -0.464 e. The first kappa shape index (κ1) is 9.60. The molecular formula is C12H12N2O. The molecule has 76 valence electrons. The molecule has 0 amide bonds. The van der Waals surface area contributed by atoms with Gasteiger partial charge in [0, 0.05) is 19.2 Å². The standard InChI is InChI=1S/C12H12N2O/c1-2-3-4-7-13-12-10-6-9-15-11(10)5-8-14-12/h1,5-6,8-9H,3-4,7H2,(H,13,14). The van der Waals surface area contributed by atoms with Crippen molar-refractivity contribution >= 4 is 16.8 Å². The fourth-order valence-corrected chi connectivity index (χ4v) is 1.43. The van der Waals surface area contributed by atoms with Crippen LogP contribution in [-0.4, -0.2) is 11.5 Å². The summed E-state index contributed by atoms with van der Waals surface area (Å²) >= 11 is 0. The summed E-state index contributed by atoms with van der Waals surface area (Å²) in [4.78, 5) is 4.25. The molecule has 0 aliphatic carbocycles. The highest BCUT2D eigenvalue weighted by Crippen LogP contribution is 2.21. The highest BCUT2D eigenvalue weighted by molar-refractivity contribution is 5.87. The summed E-state index contributed by atoms with van der Waals surface area (Å²) in [6.45, 7) is 0.835. The Balaban J connectivity index is 2.08. The van der Waals surface area contributed by atoms with Gasteiger partial charge in [-0.25, -0.2) is 4.98 Å². The smallest absolute Gasteiger partial charge is 0.139 e. The average molecular weight is 200 g/mol. The Morgan fingerprint density at radius 3 is 3.27 bits per heavy atom. The fourth-order valence-electron chi connectivity index (χ4n) is 1.43. The van der Waals surface area contributed by atoms with Crippen LogP contribution in [-0.2, 0) is 0 Å². The van der Waals surface area contributed by atoms with E-state index in [4.69, 9.17) is 10.8 Å². The molecular weight excluding hydrogens is 188 g/mol. The van der Waals surface area contributed by atoms with Crippen LogP contribution >= 0.6 is 0 Å². The Morgan fingerprint density at radius 2 is 2.40 bits per heavy atom. The molecule has 0 atom stereocenters. The molecule has 0 fully saturated rings. The van der Waals surface area contributed by atoms with E-state index in [0.717, 1.165) is 36.2 Å². The molecule has 1 N–H and O–H groups in total. The van der Waals surface area contributed by atoms with Gasteiger partial charge in [0.1, 0.15) is 11.4 Å². The second-order valence-electron chi connectivity index (χ2n) is 3.23. The molecule has 0 aromatic carbocycles. The largest absolute Gasteiger partial charge is 0.464 e. The fraction of sp³-hybridized carbons (Fsp3) is 0.250. The van der Waals surface area contributed by atoms with Crippen molar-refractivity contribution in [2.45, 2.75) is 12.8 Å². The van der Waals surface area contributed by atoms with Gasteiger partial charge in [0.2, 0.25) is 0 Å². The lowest BCUT2D eigenvalue weighted by atomic mass is 10.3. The number of terminal acetylenes is 1. The number of furan rings is 1. The quantitative estimate of drug-likeness (QED) is 0.609. The molecule has 0 aliphatic heterocycles. The van der Waals surface area contributed by atoms with Gasteiger partial charge in [0.15, 0.2) is 0 Å². The monoisotopic (exact) mass is 200 g/mol. The summed E-state index contributed by atoms with van der Waals surface area (Å²) in [5, 5.41) is 4.25. The first-order chi connectivity index (χ1) is 7.42. The van der Waals surface area contributed by atoms with E-state index in [1.54, 1.807) is 12.5 Å². The van der Waals surface area contributed by atoms with Gasteiger partial charge >= 0.3 is 0 Å². The van der Waals surface area contributed by atoms with Crippen LogP contribution in [0, 0.1) is 12.3 Å². The summed E-state index contributed by atoms with van der Waals surface area (Å²) < 4.78 is 5.27. The van der Waals surface area contributed by atoms with Crippen molar-refractivity contribution in [3.63, 3.8) is 0 Å². The maximum absolute atomic E-state index is 5.27. The van der Waals surface area contributed by atoms with Gasteiger partial charge in [-0.1, -0.05) is 0 Å². The van der Waals surface area contributed by atoms with Crippen molar-refractivity contribution in [2.24, 2.45) is 0 Å². The molecule has 0 spiro atoms. The summed E-state index contributed by atoms with van der Waals surface area (Å²) in [7, 11) is 0. The number of unbranched alkanes of at least 4 members (excludes halogenated alkanes) is 1. The lowest BCUT2D eigenvalue weighted by Gasteiger charge is -2.04. The molecule has 0 saturated heterocycles. The zero-order valence-corrected chi connectivity index (χ0v) is 8.36. The number of fused-ring (bicyclic) bond motifs is 1. The number of nitrogens with zero attached hydrogens (tertiary/aromatic N) is 1. The molecule has 2 aromatic rings. The minimum absolute atomic E-state index is 0.786. The van der Waals surface area contributed by atoms with Gasteiger partial charge in [-0.15, -0.1) is 12.3 Å². The van der Waals surface area contributed by atoms with Crippen molar-refractivity contribution in [1.29, 1.82) is 0 Å². The molecule has 3 nitrogen and oxygen atoms in total. The van der Waals surface area contributed by atoms with E-state index < -0.39 is 0 Å². The van der Waals surface area contributed by atoms with Crippen LogP contribution in [0.5, 0.6) is 0 Å². The highest BCUT2D eigenvalue weighted by atomic mass is 16.3. The number of aromatic nitrogens is 1. The van der Waals surface area contributed by atoms with Crippen LogP contribution in [0.25, 0.3) is 11.0 Å². The molecule has 0 bridgehead atoms. The van der Waals surface area contributed by atoms with Crippen LogP contribution in [0.4, 0.5) is 5.82 Å². The van der Waals surface area contributed by atoms with E-state index in [-0.39, 0.29) is 0 Å². The summed E-state index contributed by atoms with van der Waals surface area (Å²) in [5.41, 5.74) is 0.851. The molecule has 2 rings (SSSR count). The van der Waals surface area contributed by atoms with Crippen LogP contribution in [0.2, 0.25) is 0 Å². The molecule has 0 unspecified atom stereocenters. The summed E-state index contributed by atoms with van der Waals surface area (Å²) in [6.07, 6.45) is 10.3. The third-order valence-electron chi connectivity index (χ3n) is 2.17. The zero-order valence-electron chi connectivity index (χ0n) is 8.36. The van der Waals surface area contributed by atoms with Gasteiger partial charge in [-0.3, -0.25) is 0 Å². The third-order valence-corrected chi connectivity index (χ3v) is 2.17. The summed E-state index contributed by atoms with van der Waals surface area (Å²) in [5.74, 6) is 3.47. The van der Waals surface area contributed by atoms with Crippen LogP contribution in [0.3, 0.4) is 0 Å². The van der Waals surface area contributed by atoms with E-state index >= 15 is 0 Å². The second-order valence-corrected chi connectivity index (χ2v) is 3.23. The van der Waals surface area contributed by atoms with Crippen molar-refractivity contribution in [1.82, 2.24) is 4.98 Å². The maximum atomic E-state index is 5.27. The van der Waals surface area contributed by atoms with Gasteiger partial charge in [-0.05, 0) is 18.6 Å². The van der Waals surface area contributed by atoms with E-state index in [9.17, 15) is 0 Å². The highest BCUT2D eigenvalue weighted by Gasteiger charge is 2.02. The Morgan fingerprint density at radius 1 is 1.47 bits per heavy atom.